The third kappa shape index (κ3) is 2.53. The number of nitrogens with zero attached hydrogens (tertiary/aromatic N) is 2. The quantitative estimate of drug-likeness (QED) is 0.632. The van der Waals surface area contributed by atoms with Gasteiger partial charge in [0.15, 0.2) is 0 Å². The summed E-state index contributed by atoms with van der Waals surface area (Å²) in [4.78, 5) is 4.40. The summed E-state index contributed by atoms with van der Waals surface area (Å²) in [6.45, 7) is 0. The van der Waals surface area contributed by atoms with Gasteiger partial charge in [-0.25, -0.2) is 9.37 Å². The van der Waals surface area contributed by atoms with Gasteiger partial charge in [0.2, 0.25) is 0 Å². The van der Waals surface area contributed by atoms with Crippen LogP contribution in [0.3, 0.4) is 0 Å². The van der Waals surface area contributed by atoms with E-state index in [1.807, 2.05) is 18.2 Å². The average molecular weight is 397 g/mol. The second kappa shape index (κ2) is 5.46. The molecule has 0 atom stereocenters. The molecule has 0 aliphatic rings. The molecule has 2 heterocycles. The number of pyridine rings is 1. The number of hydrogen-bond acceptors (Lipinski definition) is 2. The van der Waals surface area contributed by atoms with Crippen LogP contribution in [-0.2, 0) is 0 Å². The molecule has 0 fully saturated rings. The molecule has 100 valence electrons. The maximum Gasteiger partial charge on any atom is 0.137 e. The molecule has 0 saturated carbocycles. The van der Waals surface area contributed by atoms with E-state index in [9.17, 15) is 4.39 Å². The Kier molecular flexibility index (Phi) is 3.67. The highest BCUT2D eigenvalue weighted by atomic mass is 79.9. The molecule has 6 heteroatoms. The summed E-state index contributed by atoms with van der Waals surface area (Å²) in [5.41, 5.74) is 3.30. The Morgan fingerprint density at radius 2 is 1.95 bits per heavy atom. The molecule has 20 heavy (non-hydrogen) atoms. The molecule has 0 aliphatic heterocycles. The number of benzene rings is 1. The normalized spacial score (nSPS) is 10.8. The second-order valence-corrected chi connectivity index (χ2v) is 5.80. The maximum atomic E-state index is 13.3. The van der Waals surface area contributed by atoms with E-state index in [2.05, 4.69) is 47.0 Å². The van der Waals surface area contributed by atoms with E-state index >= 15 is 0 Å². The van der Waals surface area contributed by atoms with Gasteiger partial charge in [-0.2, -0.15) is 5.10 Å². The van der Waals surface area contributed by atoms with Crippen LogP contribution in [0.1, 0.15) is 0 Å². The zero-order chi connectivity index (χ0) is 14.1. The summed E-state index contributed by atoms with van der Waals surface area (Å²) < 4.78 is 14.5. The van der Waals surface area contributed by atoms with Gasteiger partial charge < -0.3 is 0 Å². The first-order valence-electron chi connectivity index (χ1n) is 5.77. The fourth-order valence-corrected chi connectivity index (χ4v) is 2.63. The molecule has 1 aromatic carbocycles. The summed E-state index contributed by atoms with van der Waals surface area (Å²) in [6.07, 6.45) is 1.71. The van der Waals surface area contributed by atoms with E-state index in [0.717, 1.165) is 27.1 Å². The van der Waals surface area contributed by atoms with Crippen molar-refractivity contribution in [3.8, 4) is 22.5 Å². The van der Waals surface area contributed by atoms with Crippen LogP contribution in [0.25, 0.3) is 22.5 Å². The number of aromatic amines is 1. The lowest BCUT2D eigenvalue weighted by molar-refractivity contribution is 0.621. The van der Waals surface area contributed by atoms with Gasteiger partial charge >= 0.3 is 0 Å². The van der Waals surface area contributed by atoms with Gasteiger partial charge in [0.25, 0.3) is 0 Å². The zero-order valence-corrected chi connectivity index (χ0v) is 13.2. The molecule has 0 saturated heterocycles. The van der Waals surface area contributed by atoms with Crippen LogP contribution in [0, 0.1) is 5.82 Å². The summed E-state index contributed by atoms with van der Waals surface area (Å²) in [5.74, 6) is -0.292. The van der Waals surface area contributed by atoms with Gasteiger partial charge in [0.1, 0.15) is 10.4 Å². The summed E-state index contributed by atoms with van der Waals surface area (Å²) >= 11 is 6.54. The largest absolute Gasteiger partial charge is 0.276 e. The molecule has 0 radical (unpaired) electrons. The van der Waals surface area contributed by atoms with Crippen LogP contribution in [0.4, 0.5) is 4.39 Å². The first kappa shape index (κ1) is 13.5. The SMILES string of the molecule is Fc1ccc(-c2cn[nH]c2-c2cccc(Br)n2)cc1Br. The highest BCUT2D eigenvalue weighted by Gasteiger charge is 2.12. The minimum atomic E-state index is -0.292. The molecule has 1 N–H and O–H groups in total. The van der Waals surface area contributed by atoms with Crippen LogP contribution < -0.4 is 0 Å². The number of aromatic nitrogens is 3. The molecule has 0 spiro atoms. The highest BCUT2D eigenvalue weighted by molar-refractivity contribution is 9.10. The molecular weight excluding hydrogens is 389 g/mol. The van der Waals surface area contributed by atoms with Crippen molar-refractivity contribution in [1.29, 1.82) is 0 Å². The van der Waals surface area contributed by atoms with Gasteiger partial charge in [0.05, 0.1) is 22.1 Å². The molecule has 0 bridgehead atoms. The number of nitrogens with one attached hydrogen (secondary N) is 1. The zero-order valence-electron chi connectivity index (χ0n) is 10.1. The summed E-state index contributed by atoms with van der Waals surface area (Å²) in [6, 6.07) is 10.5. The minimum Gasteiger partial charge on any atom is -0.276 e. The number of rotatable bonds is 2. The standard InChI is InChI=1S/C14H8Br2FN3/c15-10-6-8(4-5-11(10)17)9-7-18-20-14(9)12-2-1-3-13(16)19-12/h1-7H,(H,18,20). The molecule has 0 unspecified atom stereocenters. The Hall–Kier alpha value is -1.53. The Bertz CT molecular complexity index is 771. The van der Waals surface area contributed by atoms with Crippen molar-refractivity contribution in [1.82, 2.24) is 15.2 Å². The molecule has 0 aliphatic carbocycles. The van der Waals surface area contributed by atoms with Crippen LogP contribution in [0.2, 0.25) is 0 Å². The Morgan fingerprint density at radius 1 is 1.10 bits per heavy atom. The third-order valence-electron chi connectivity index (χ3n) is 2.84. The number of hydrogen-bond donors (Lipinski definition) is 1. The van der Waals surface area contributed by atoms with Gasteiger partial charge in [-0.05, 0) is 61.7 Å². The molecule has 3 rings (SSSR count). The third-order valence-corrected chi connectivity index (χ3v) is 3.89. The topological polar surface area (TPSA) is 41.6 Å². The van der Waals surface area contributed by atoms with E-state index in [1.165, 1.54) is 6.07 Å². The average Bonchev–Trinajstić information content (AvgIpc) is 2.91. The fourth-order valence-electron chi connectivity index (χ4n) is 1.91. The fraction of sp³-hybridized carbons (Fsp3) is 0. The highest BCUT2D eigenvalue weighted by Crippen LogP contribution is 2.31. The van der Waals surface area contributed by atoms with Gasteiger partial charge in [-0.1, -0.05) is 12.1 Å². The molecular formula is C14H8Br2FN3. The van der Waals surface area contributed by atoms with Gasteiger partial charge in [-0.3, -0.25) is 5.10 Å². The van der Waals surface area contributed by atoms with E-state index < -0.39 is 0 Å². The Balaban J connectivity index is 2.12. The first-order chi connectivity index (χ1) is 9.65. The van der Waals surface area contributed by atoms with E-state index in [4.69, 9.17) is 0 Å². The monoisotopic (exact) mass is 395 g/mol. The number of halogens is 3. The molecule has 2 aromatic heterocycles. The summed E-state index contributed by atoms with van der Waals surface area (Å²) in [5, 5.41) is 7.01. The minimum absolute atomic E-state index is 0.292. The predicted octanol–water partition coefficient (Wildman–Crippen LogP) is 4.80. The maximum absolute atomic E-state index is 13.3. The Morgan fingerprint density at radius 3 is 2.70 bits per heavy atom. The van der Waals surface area contributed by atoms with E-state index in [1.54, 1.807) is 18.3 Å². The van der Waals surface area contributed by atoms with Gasteiger partial charge in [-0.15, -0.1) is 0 Å². The van der Waals surface area contributed by atoms with Crippen LogP contribution >= 0.6 is 31.9 Å². The lowest BCUT2D eigenvalue weighted by atomic mass is 10.0. The van der Waals surface area contributed by atoms with Crippen LogP contribution in [0.5, 0.6) is 0 Å². The van der Waals surface area contributed by atoms with Crippen molar-refractivity contribution in [2.45, 2.75) is 0 Å². The lowest BCUT2D eigenvalue weighted by Gasteiger charge is -2.04. The van der Waals surface area contributed by atoms with Crippen LogP contribution in [0.15, 0.2) is 51.7 Å². The predicted molar refractivity (Wildman–Crippen MR) is 82.6 cm³/mol. The first-order valence-corrected chi connectivity index (χ1v) is 7.35. The van der Waals surface area contributed by atoms with Crippen molar-refractivity contribution < 1.29 is 4.39 Å². The van der Waals surface area contributed by atoms with E-state index in [-0.39, 0.29) is 5.82 Å². The van der Waals surface area contributed by atoms with Crippen molar-refractivity contribution >= 4 is 31.9 Å². The summed E-state index contributed by atoms with van der Waals surface area (Å²) in [7, 11) is 0. The van der Waals surface area contributed by atoms with Crippen LogP contribution in [-0.4, -0.2) is 15.2 Å². The van der Waals surface area contributed by atoms with Crippen molar-refractivity contribution in [3.63, 3.8) is 0 Å². The van der Waals surface area contributed by atoms with Crippen molar-refractivity contribution in [3.05, 3.63) is 57.5 Å². The lowest BCUT2D eigenvalue weighted by Crippen LogP contribution is -1.88. The molecule has 3 nitrogen and oxygen atoms in total. The molecule has 3 aromatic rings. The van der Waals surface area contributed by atoms with E-state index in [0.29, 0.717) is 4.47 Å². The molecule has 0 amide bonds. The van der Waals surface area contributed by atoms with Crippen molar-refractivity contribution in [2.75, 3.05) is 0 Å². The van der Waals surface area contributed by atoms with Gasteiger partial charge in [0, 0.05) is 5.56 Å². The Labute approximate surface area is 131 Å². The number of H-pyrrole nitrogens is 1. The smallest absolute Gasteiger partial charge is 0.137 e. The van der Waals surface area contributed by atoms with Crippen molar-refractivity contribution in [2.24, 2.45) is 0 Å². The second-order valence-electron chi connectivity index (χ2n) is 4.13.